The van der Waals surface area contributed by atoms with Gasteiger partial charge in [-0.05, 0) is 29.8 Å². The Morgan fingerprint density at radius 2 is 1.74 bits per heavy atom. The summed E-state index contributed by atoms with van der Waals surface area (Å²) in [6.07, 6.45) is 3.16. The molecule has 0 saturated carbocycles. The first-order valence-corrected chi connectivity index (χ1v) is 6.18. The van der Waals surface area contributed by atoms with E-state index < -0.39 is 0 Å². The van der Waals surface area contributed by atoms with Crippen LogP contribution in [0.5, 0.6) is 0 Å². The number of hydrogen-bond donors (Lipinski definition) is 1. The Labute approximate surface area is 111 Å². The van der Waals surface area contributed by atoms with Crippen molar-refractivity contribution in [3.8, 4) is 11.3 Å². The zero-order chi connectivity index (χ0) is 12.9. The van der Waals surface area contributed by atoms with Crippen LogP contribution >= 0.6 is 0 Å². The molecular weight excluding hydrogens is 236 g/mol. The molecule has 0 spiro atoms. The van der Waals surface area contributed by atoms with Gasteiger partial charge in [0.2, 0.25) is 0 Å². The molecule has 2 aromatic carbocycles. The molecule has 0 atom stereocenters. The molecule has 3 heteroatoms. The maximum absolute atomic E-state index is 5.26. The Balaban J connectivity index is 1.67. The van der Waals surface area contributed by atoms with Crippen LogP contribution in [0.1, 0.15) is 5.56 Å². The van der Waals surface area contributed by atoms with E-state index in [0.717, 1.165) is 23.6 Å². The van der Waals surface area contributed by atoms with Gasteiger partial charge >= 0.3 is 0 Å². The quantitative estimate of drug-likeness (QED) is 0.761. The van der Waals surface area contributed by atoms with E-state index in [0.29, 0.717) is 0 Å². The van der Waals surface area contributed by atoms with Crippen molar-refractivity contribution >= 4 is 5.69 Å². The minimum Gasteiger partial charge on any atom is -0.444 e. The van der Waals surface area contributed by atoms with Gasteiger partial charge in [0.1, 0.15) is 0 Å². The molecule has 0 amide bonds. The largest absolute Gasteiger partial charge is 0.444 e. The summed E-state index contributed by atoms with van der Waals surface area (Å²) in [7, 11) is 0. The third-order valence-corrected chi connectivity index (χ3v) is 2.94. The number of hydrogen-bond acceptors (Lipinski definition) is 3. The van der Waals surface area contributed by atoms with E-state index in [9.17, 15) is 0 Å². The molecule has 0 unspecified atom stereocenters. The van der Waals surface area contributed by atoms with Crippen molar-refractivity contribution in [2.24, 2.45) is 0 Å². The van der Waals surface area contributed by atoms with E-state index in [1.807, 2.05) is 42.5 Å². The Bertz CT molecular complexity index is 616. The van der Waals surface area contributed by atoms with Crippen LogP contribution in [0.15, 0.2) is 71.6 Å². The molecule has 19 heavy (non-hydrogen) atoms. The summed E-state index contributed by atoms with van der Waals surface area (Å²) in [5, 5.41) is 3.39. The summed E-state index contributed by atoms with van der Waals surface area (Å²) in [4.78, 5) is 3.91. The number of nitrogens with zero attached hydrogens (tertiary/aromatic N) is 1. The summed E-state index contributed by atoms with van der Waals surface area (Å²) >= 11 is 0. The van der Waals surface area contributed by atoms with Gasteiger partial charge in [0.25, 0.3) is 0 Å². The maximum atomic E-state index is 5.26. The molecule has 1 aromatic heterocycles. The highest BCUT2D eigenvalue weighted by Crippen LogP contribution is 2.20. The lowest BCUT2D eigenvalue weighted by molar-refractivity contribution is 0.572. The number of anilines is 1. The third-order valence-electron chi connectivity index (χ3n) is 2.94. The highest BCUT2D eigenvalue weighted by atomic mass is 16.3. The van der Waals surface area contributed by atoms with Crippen molar-refractivity contribution in [1.29, 1.82) is 0 Å². The van der Waals surface area contributed by atoms with E-state index in [1.54, 1.807) is 6.20 Å². The second-order valence-electron chi connectivity index (χ2n) is 4.28. The van der Waals surface area contributed by atoms with Crippen LogP contribution in [-0.2, 0) is 6.54 Å². The minimum absolute atomic E-state index is 0.787. The molecule has 0 fully saturated rings. The van der Waals surface area contributed by atoms with Gasteiger partial charge in [-0.1, -0.05) is 30.3 Å². The summed E-state index contributed by atoms with van der Waals surface area (Å²) in [6.45, 7) is 0.822. The van der Waals surface area contributed by atoms with Crippen molar-refractivity contribution in [2.75, 3.05) is 5.32 Å². The van der Waals surface area contributed by atoms with Gasteiger partial charge in [-0.15, -0.1) is 0 Å². The van der Waals surface area contributed by atoms with Crippen LogP contribution in [0.3, 0.4) is 0 Å². The predicted octanol–water partition coefficient (Wildman–Crippen LogP) is 3.95. The van der Waals surface area contributed by atoms with Gasteiger partial charge in [-0.2, -0.15) is 0 Å². The average molecular weight is 250 g/mol. The lowest BCUT2D eigenvalue weighted by Crippen LogP contribution is -1.98. The van der Waals surface area contributed by atoms with E-state index >= 15 is 0 Å². The molecule has 0 bridgehead atoms. The van der Waals surface area contributed by atoms with E-state index in [2.05, 4.69) is 22.4 Å². The number of nitrogens with one attached hydrogen (secondary N) is 1. The molecule has 0 aliphatic carbocycles. The highest BCUT2D eigenvalue weighted by Gasteiger charge is 2.00. The maximum Gasteiger partial charge on any atom is 0.181 e. The zero-order valence-electron chi connectivity index (χ0n) is 10.4. The second-order valence-corrected chi connectivity index (χ2v) is 4.28. The minimum atomic E-state index is 0.787. The van der Waals surface area contributed by atoms with Gasteiger partial charge < -0.3 is 9.73 Å². The number of aromatic nitrogens is 1. The van der Waals surface area contributed by atoms with Gasteiger partial charge in [0.05, 0.1) is 6.20 Å². The Morgan fingerprint density at radius 3 is 2.42 bits per heavy atom. The van der Waals surface area contributed by atoms with Crippen LogP contribution in [0.4, 0.5) is 5.69 Å². The van der Waals surface area contributed by atoms with Crippen molar-refractivity contribution < 1.29 is 4.42 Å². The Kier molecular flexibility index (Phi) is 3.28. The van der Waals surface area contributed by atoms with Gasteiger partial charge in [-0.25, -0.2) is 4.98 Å². The molecule has 3 nitrogen and oxygen atoms in total. The number of oxazole rings is 1. The molecule has 1 N–H and O–H groups in total. The molecule has 0 aliphatic rings. The van der Waals surface area contributed by atoms with Crippen molar-refractivity contribution in [3.05, 3.63) is 72.8 Å². The van der Waals surface area contributed by atoms with Crippen LogP contribution < -0.4 is 5.32 Å². The molecule has 1 heterocycles. The lowest BCUT2D eigenvalue weighted by atomic mass is 10.1. The number of benzene rings is 2. The summed E-state index contributed by atoms with van der Waals surface area (Å²) in [6, 6.07) is 18.5. The fourth-order valence-corrected chi connectivity index (χ4v) is 1.91. The smallest absolute Gasteiger partial charge is 0.181 e. The first-order valence-electron chi connectivity index (χ1n) is 6.18. The Hall–Kier alpha value is -2.55. The van der Waals surface area contributed by atoms with Crippen molar-refractivity contribution in [3.63, 3.8) is 0 Å². The molecule has 0 aliphatic heterocycles. The summed E-state index contributed by atoms with van der Waals surface area (Å²) in [5.74, 6) is 0.787. The standard InChI is InChI=1S/C16H14N2O/c1-2-4-13(5-3-1)10-18-15-8-6-14(7-9-15)16-11-17-12-19-16/h1-9,11-12,18H,10H2. The van der Waals surface area contributed by atoms with Crippen molar-refractivity contribution in [1.82, 2.24) is 4.98 Å². The summed E-state index contributed by atoms with van der Waals surface area (Å²) in [5.41, 5.74) is 3.39. The van der Waals surface area contributed by atoms with E-state index in [-0.39, 0.29) is 0 Å². The molecular formula is C16H14N2O. The van der Waals surface area contributed by atoms with E-state index in [4.69, 9.17) is 4.42 Å². The fraction of sp³-hybridized carbons (Fsp3) is 0.0625. The monoisotopic (exact) mass is 250 g/mol. The first kappa shape index (κ1) is 11.5. The Morgan fingerprint density at radius 1 is 0.947 bits per heavy atom. The van der Waals surface area contributed by atoms with Crippen LogP contribution in [0.2, 0.25) is 0 Å². The highest BCUT2D eigenvalue weighted by molar-refractivity contribution is 5.60. The lowest BCUT2D eigenvalue weighted by Gasteiger charge is -2.06. The SMILES string of the molecule is c1ccc(CNc2ccc(-c3cnco3)cc2)cc1. The third kappa shape index (κ3) is 2.83. The van der Waals surface area contributed by atoms with Crippen molar-refractivity contribution in [2.45, 2.75) is 6.54 Å². The van der Waals surface area contributed by atoms with E-state index in [1.165, 1.54) is 12.0 Å². The molecule has 3 rings (SSSR count). The summed E-state index contributed by atoms with van der Waals surface area (Å²) < 4.78 is 5.26. The normalized spacial score (nSPS) is 10.3. The second kappa shape index (κ2) is 5.40. The average Bonchev–Trinajstić information content (AvgIpc) is 3.01. The fourth-order valence-electron chi connectivity index (χ4n) is 1.91. The van der Waals surface area contributed by atoms with Gasteiger partial charge in [0, 0.05) is 17.8 Å². The molecule has 3 aromatic rings. The van der Waals surface area contributed by atoms with Crippen LogP contribution in [-0.4, -0.2) is 4.98 Å². The van der Waals surface area contributed by atoms with Gasteiger partial charge in [0.15, 0.2) is 12.2 Å². The first-order chi connectivity index (χ1) is 9.42. The number of rotatable bonds is 4. The predicted molar refractivity (Wildman–Crippen MR) is 75.7 cm³/mol. The molecule has 0 radical (unpaired) electrons. The topological polar surface area (TPSA) is 38.1 Å². The van der Waals surface area contributed by atoms with Gasteiger partial charge in [-0.3, -0.25) is 0 Å². The molecule has 94 valence electrons. The van der Waals surface area contributed by atoms with Crippen LogP contribution in [0.25, 0.3) is 11.3 Å². The molecule has 0 saturated heterocycles. The van der Waals surface area contributed by atoms with Crippen LogP contribution in [0, 0.1) is 0 Å². The zero-order valence-corrected chi connectivity index (χ0v) is 10.4.